The number of sulfonamides is 1. The first-order valence-corrected chi connectivity index (χ1v) is 13.5. The quantitative estimate of drug-likeness (QED) is 0.454. The number of carbonyl (C=O) groups excluding carboxylic acids is 1. The van der Waals surface area contributed by atoms with Gasteiger partial charge in [-0.2, -0.15) is 5.26 Å². The van der Waals surface area contributed by atoms with E-state index >= 15 is 0 Å². The Morgan fingerprint density at radius 2 is 1.75 bits per heavy atom. The van der Waals surface area contributed by atoms with Gasteiger partial charge in [0.15, 0.2) is 0 Å². The summed E-state index contributed by atoms with van der Waals surface area (Å²) in [4.78, 5) is 16.8. The molecular formula is C28H30N4O3S. The standard InChI is InChI=1S/C28H30N4O3S/c1-20(2)23-12-10-22(11-13-23)19-31-15-6-16-32(28(31)33)26-14-9-21(3)17-25(26)30-36(34,35)27-8-5-4-7-24(27)18-29/h4-5,7-14,17,20,30H,6,15-16,19H2,1-3H3. The molecule has 0 spiro atoms. The number of anilines is 2. The highest BCUT2D eigenvalue weighted by atomic mass is 32.2. The van der Waals surface area contributed by atoms with Gasteiger partial charge in [-0.1, -0.05) is 56.3 Å². The van der Waals surface area contributed by atoms with Gasteiger partial charge in [0.05, 0.1) is 16.9 Å². The fraction of sp³-hybridized carbons (Fsp3) is 0.286. The fourth-order valence-corrected chi connectivity index (χ4v) is 5.56. The molecule has 3 aromatic carbocycles. The van der Waals surface area contributed by atoms with Crippen molar-refractivity contribution >= 4 is 27.4 Å². The third-order valence-electron chi connectivity index (χ3n) is 6.32. The third-order valence-corrected chi connectivity index (χ3v) is 7.74. The van der Waals surface area contributed by atoms with Crippen LogP contribution < -0.4 is 9.62 Å². The van der Waals surface area contributed by atoms with Gasteiger partial charge in [-0.05, 0) is 60.2 Å². The SMILES string of the molecule is Cc1ccc(N2CCCN(Cc3ccc(C(C)C)cc3)C2=O)c(NS(=O)(=O)c2ccccc2C#N)c1. The van der Waals surface area contributed by atoms with Crippen LogP contribution >= 0.6 is 0 Å². The summed E-state index contributed by atoms with van der Waals surface area (Å²) in [5.41, 5.74) is 4.00. The van der Waals surface area contributed by atoms with Crippen molar-refractivity contribution in [3.8, 4) is 6.07 Å². The molecule has 7 nitrogen and oxygen atoms in total. The van der Waals surface area contributed by atoms with E-state index in [1.165, 1.54) is 17.7 Å². The average molecular weight is 503 g/mol. The minimum absolute atomic E-state index is 0.0583. The summed E-state index contributed by atoms with van der Waals surface area (Å²) < 4.78 is 29.1. The van der Waals surface area contributed by atoms with Crippen molar-refractivity contribution in [3.05, 3.63) is 89.0 Å². The molecule has 0 radical (unpaired) electrons. The molecule has 8 heteroatoms. The van der Waals surface area contributed by atoms with Gasteiger partial charge in [-0.15, -0.1) is 0 Å². The monoisotopic (exact) mass is 502 g/mol. The Morgan fingerprint density at radius 1 is 1.03 bits per heavy atom. The molecule has 2 amide bonds. The van der Waals surface area contributed by atoms with Crippen molar-refractivity contribution in [2.45, 2.75) is 44.6 Å². The Balaban J connectivity index is 1.61. The van der Waals surface area contributed by atoms with E-state index in [2.05, 4.69) is 42.8 Å². The van der Waals surface area contributed by atoms with Crippen molar-refractivity contribution in [3.63, 3.8) is 0 Å². The van der Waals surface area contributed by atoms with Crippen LogP contribution in [0, 0.1) is 18.3 Å². The van der Waals surface area contributed by atoms with Gasteiger partial charge in [0.1, 0.15) is 11.0 Å². The average Bonchev–Trinajstić information content (AvgIpc) is 2.86. The predicted molar refractivity (Wildman–Crippen MR) is 141 cm³/mol. The Kier molecular flexibility index (Phi) is 7.32. The lowest BCUT2D eigenvalue weighted by molar-refractivity contribution is 0.192. The molecule has 0 aliphatic carbocycles. The number of nitrogens with one attached hydrogen (secondary N) is 1. The second-order valence-electron chi connectivity index (χ2n) is 9.34. The number of hydrogen-bond acceptors (Lipinski definition) is 4. The molecule has 36 heavy (non-hydrogen) atoms. The highest BCUT2D eigenvalue weighted by Crippen LogP contribution is 2.32. The molecule has 0 atom stereocenters. The van der Waals surface area contributed by atoms with Gasteiger partial charge in [0.25, 0.3) is 10.0 Å². The molecule has 4 rings (SSSR count). The number of benzene rings is 3. The molecular weight excluding hydrogens is 472 g/mol. The van der Waals surface area contributed by atoms with Crippen LogP contribution in [0.25, 0.3) is 0 Å². The van der Waals surface area contributed by atoms with E-state index in [-0.39, 0.29) is 16.5 Å². The first-order chi connectivity index (χ1) is 17.2. The summed E-state index contributed by atoms with van der Waals surface area (Å²) >= 11 is 0. The summed E-state index contributed by atoms with van der Waals surface area (Å²) in [6.45, 7) is 7.74. The summed E-state index contributed by atoms with van der Waals surface area (Å²) in [6.07, 6.45) is 0.757. The second-order valence-corrected chi connectivity index (χ2v) is 11.0. The van der Waals surface area contributed by atoms with Crippen LogP contribution in [0.3, 0.4) is 0 Å². The first-order valence-electron chi connectivity index (χ1n) is 12.0. The van der Waals surface area contributed by atoms with E-state index in [1.54, 1.807) is 34.1 Å². The topological polar surface area (TPSA) is 93.5 Å². The highest BCUT2D eigenvalue weighted by molar-refractivity contribution is 7.92. The summed E-state index contributed by atoms with van der Waals surface area (Å²) in [5, 5.41) is 9.38. The van der Waals surface area contributed by atoms with Crippen molar-refractivity contribution in [1.82, 2.24) is 4.90 Å². The zero-order valence-electron chi connectivity index (χ0n) is 20.7. The third kappa shape index (κ3) is 5.37. The van der Waals surface area contributed by atoms with Gasteiger partial charge >= 0.3 is 6.03 Å². The molecule has 1 N–H and O–H groups in total. The maximum atomic E-state index is 13.5. The molecule has 1 saturated heterocycles. The van der Waals surface area contributed by atoms with E-state index in [1.807, 2.05) is 19.1 Å². The Labute approximate surface area is 213 Å². The van der Waals surface area contributed by atoms with Gasteiger partial charge in [0.2, 0.25) is 0 Å². The van der Waals surface area contributed by atoms with Crippen molar-refractivity contribution < 1.29 is 13.2 Å². The molecule has 0 unspecified atom stereocenters. The predicted octanol–water partition coefficient (Wildman–Crippen LogP) is 5.62. The highest BCUT2D eigenvalue weighted by Gasteiger charge is 2.30. The Hall–Kier alpha value is -3.83. The maximum absolute atomic E-state index is 13.5. The molecule has 0 saturated carbocycles. The largest absolute Gasteiger partial charge is 0.324 e. The number of nitriles is 1. The van der Waals surface area contributed by atoms with E-state index in [0.717, 1.165) is 17.5 Å². The number of nitrogens with zero attached hydrogens (tertiary/aromatic N) is 3. The lowest BCUT2D eigenvalue weighted by Gasteiger charge is -2.36. The zero-order valence-corrected chi connectivity index (χ0v) is 21.5. The Bertz CT molecular complexity index is 1410. The van der Waals surface area contributed by atoms with Crippen molar-refractivity contribution in [2.24, 2.45) is 0 Å². The molecule has 1 aliphatic rings. The van der Waals surface area contributed by atoms with E-state index in [0.29, 0.717) is 36.9 Å². The van der Waals surface area contributed by atoms with Crippen molar-refractivity contribution in [2.75, 3.05) is 22.7 Å². The van der Waals surface area contributed by atoms with Crippen molar-refractivity contribution in [1.29, 1.82) is 5.26 Å². The number of carbonyl (C=O) groups is 1. The molecule has 1 heterocycles. The van der Waals surface area contributed by atoms with Gasteiger partial charge in [0, 0.05) is 19.6 Å². The van der Waals surface area contributed by atoms with Crippen LogP contribution in [0.15, 0.2) is 71.6 Å². The first kappa shape index (κ1) is 25.3. The van der Waals surface area contributed by atoms with Crippen LogP contribution in [0.5, 0.6) is 0 Å². The van der Waals surface area contributed by atoms with E-state index in [4.69, 9.17) is 0 Å². The summed E-state index contributed by atoms with van der Waals surface area (Å²) in [6, 6.07) is 21.4. The lowest BCUT2D eigenvalue weighted by Crippen LogP contribution is -2.49. The van der Waals surface area contributed by atoms with E-state index in [9.17, 15) is 18.5 Å². The zero-order chi connectivity index (χ0) is 25.9. The van der Waals surface area contributed by atoms with Gasteiger partial charge in [-0.25, -0.2) is 13.2 Å². The molecule has 186 valence electrons. The minimum atomic E-state index is -4.05. The smallest absolute Gasteiger partial charge is 0.320 e. The number of urea groups is 1. The number of amides is 2. The summed E-state index contributed by atoms with van der Waals surface area (Å²) in [7, 11) is -4.05. The summed E-state index contributed by atoms with van der Waals surface area (Å²) in [5.74, 6) is 0.440. The molecule has 0 bridgehead atoms. The fourth-order valence-electron chi connectivity index (χ4n) is 4.34. The van der Waals surface area contributed by atoms with Crippen LogP contribution in [0.2, 0.25) is 0 Å². The molecule has 0 aromatic heterocycles. The maximum Gasteiger partial charge on any atom is 0.324 e. The van der Waals surface area contributed by atoms with Crippen LogP contribution in [0.1, 0.15) is 48.4 Å². The van der Waals surface area contributed by atoms with Crippen LogP contribution in [0.4, 0.5) is 16.2 Å². The molecule has 1 fully saturated rings. The van der Waals surface area contributed by atoms with Gasteiger partial charge < -0.3 is 4.90 Å². The normalized spacial score (nSPS) is 14.1. The molecule has 3 aromatic rings. The van der Waals surface area contributed by atoms with E-state index < -0.39 is 10.0 Å². The number of hydrogen-bond donors (Lipinski definition) is 1. The molecule has 1 aliphatic heterocycles. The van der Waals surface area contributed by atoms with Gasteiger partial charge in [-0.3, -0.25) is 9.62 Å². The minimum Gasteiger partial charge on any atom is -0.320 e. The Morgan fingerprint density at radius 3 is 2.44 bits per heavy atom. The van der Waals surface area contributed by atoms with Crippen LogP contribution in [-0.2, 0) is 16.6 Å². The second kappa shape index (κ2) is 10.4. The van der Waals surface area contributed by atoms with Crippen LogP contribution in [-0.4, -0.2) is 32.4 Å². The lowest BCUT2D eigenvalue weighted by atomic mass is 10.0. The number of rotatable bonds is 7. The number of aryl methyl sites for hydroxylation is 1.